The maximum Gasteiger partial charge on any atom is 0.368 e. The van der Waals surface area contributed by atoms with Crippen molar-refractivity contribution in [3.05, 3.63) is 18.6 Å². The largest absolute Gasteiger partial charge is 0.368 e. The lowest BCUT2D eigenvalue weighted by atomic mass is 9.77. The van der Waals surface area contributed by atoms with Crippen LogP contribution in [0.25, 0.3) is 0 Å². The number of hydrogen-bond acceptors (Lipinski definition) is 6. The van der Waals surface area contributed by atoms with Gasteiger partial charge in [-0.3, -0.25) is 9.59 Å². The summed E-state index contributed by atoms with van der Waals surface area (Å²) in [6.07, 6.45) is 0.287. The van der Waals surface area contributed by atoms with Crippen molar-refractivity contribution in [3.63, 3.8) is 0 Å². The Bertz CT molecular complexity index is 718. The summed E-state index contributed by atoms with van der Waals surface area (Å²) in [5.74, 6) is -2.18. The van der Waals surface area contributed by atoms with Crippen molar-refractivity contribution in [2.45, 2.75) is 38.0 Å². The molecule has 26 heavy (non-hydrogen) atoms. The Morgan fingerprint density at radius 3 is 2.00 bits per heavy atom. The quantitative estimate of drug-likeness (QED) is 0.202. The Labute approximate surface area is 191 Å². The standard InChI is InChI=1S/C15H17I3N2O6/c1-5-15(14(24)26-25-8(4)23)12(17)10(19-6(2)21)9(16)11(13(15)18)20-7(3)22/h12H,5H2,1-4H3,(H,19,21)(H,20,22). The molecule has 0 radical (unpaired) electrons. The fourth-order valence-corrected chi connectivity index (χ4v) is 7.71. The van der Waals surface area contributed by atoms with Crippen molar-refractivity contribution in [2.75, 3.05) is 0 Å². The number of nitrogens with one attached hydrogen (secondary N) is 2. The highest BCUT2D eigenvalue weighted by molar-refractivity contribution is 14.1. The van der Waals surface area contributed by atoms with Crippen LogP contribution in [0.4, 0.5) is 0 Å². The molecule has 0 aliphatic heterocycles. The normalized spacial score (nSPS) is 22.7. The van der Waals surface area contributed by atoms with Crippen LogP contribution in [0, 0.1) is 5.41 Å². The van der Waals surface area contributed by atoms with Gasteiger partial charge >= 0.3 is 11.9 Å². The van der Waals surface area contributed by atoms with Crippen molar-refractivity contribution in [2.24, 2.45) is 5.41 Å². The van der Waals surface area contributed by atoms with E-state index >= 15 is 0 Å². The van der Waals surface area contributed by atoms with Gasteiger partial charge in [0.2, 0.25) is 11.8 Å². The molecule has 144 valence electrons. The lowest BCUT2D eigenvalue weighted by molar-refractivity contribution is -0.263. The second-order valence-electron chi connectivity index (χ2n) is 5.41. The van der Waals surface area contributed by atoms with Crippen molar-refractivity contribution in [3.8, 4) is 0 Å². The van der Waals surface area contributed by atoms with Gasteiger partial charge in [-0.25, -0.2) is 19.4 Å². The molecule has 0 fully saturated rings. The third-order valence-electron chi connectivity index (χ3n) is 3.52. The average Bonchev–Trinajstić information content (AvgIpc) is 2.54. The molecule has 11 heteroatoms. The predicted molar refractivity (Wildman–Crippen MR) is 118 cm³/mol. The molecule has 1 aliphatic carbocycles. The molecular formula is C15H17I3N2O6. The highest BCUT2D eigenvalue weighted by atomic mass is 127. The Balaban J connectivity index is 3.59. The Hall–Kier alpha value is -0.450. The molecule has 0 aromatic heterocycles. The van der Waals surface area contributed by atoms with E-state index in [2.05, 4.69) is 15.5 Å². The number of rotatable bonds is 4. The van der Waals surface area contributed by atoms with E-state index in [1.165, 1.54) is 13.8 Å². The average molecular weight is 702 g/mol. The molecule has 8 nitrogen and oxygen atoms in total. The number of halogens is 3. The SMILES string of the molecule is CCC1(C(=O)OOC(C)=O)C(I)=C(NC(C)=O)C(I)=C(NC(C)=O)C1I. The van der Waals surface area contributed by atoms with Gasteiger partial charge in [0.1, 0.15) is 5.41 Å². The summed E-state index contributed by atoms with van der Waals surface area (Å²) in [7, 11) is 0. The van der Waals surface area contributed by atoms with Crippen LogP contribution in [-0.4, -0.2) is 27.7 Å². The lowest BCUT2D eigenvalue weighted by Crippen LogP contribution is -2.49. The van der Waals surface area contributed by atoms with Gasteiger partial charge in [-0.15, -0.1) is 0 Å². The summed E-state index contributed by atoms with van der Waals surface area (Å²) in [6, 6.07) is 0. The van der Waals surface area contributed by atoms with Crippen LogP contribution >= 0.6 is 67.8 Å². The van der Waals surface area contributed by atoms with Crippen molar-refractivity contribution in [1.29, 1.82) is 0 Å². The van der Waals surface area contributed by atoms with Crippen molar-refractivity contribution < 1.29 is 29.0 Å². The maximum atomic E-state index is 12.9. The molecule has 0 aromatic rings. The van der Waals surface area contributed by atoms with E-state index in [1.807, 2.05) is 67.8 Å². The molecule has 2 unspecified atom stereocenters. The fourth-order valence-electron chi connectivity index (χ4n) is 2.36. The topological polar surface area (TPSA) is 111 Å². The second-order valence-corrected chi connectivity index (χ2v) is 8.82. The summed E-state index contributed by atoms with van der Waals surface area (Å²) in [5, 5.41) is 5.45. The zero-order chi connectivity index (χ0) is 20.2. The minimum atomic E-state index is -1.25. The molecular weight excluding hydrogens is 685 g/mol. The zero-order valence-corrected chi connectivity index (χ0v) is 20.8. The Kier molecular flexibility index (Phi) is 8.76. The van der Waals surface area contributed by atoms with E-state index in [0.29, 0.717) is 18.6 Å². The predicted octanol–water partition coefficient (Wildman–Crippen LogP) is 2.79. The van der Waals surface area contributed by atoms with Crippen LogP contribution in [0.15, 0.2) is 18.6 Å². The third-order valence-corrected chi connectivity index (χ3v) is 7.83. The molecule has 1 aliphatic rings. The summed E-state index contributed by atoms with van der Waals surface area (Å²) in [5.41, 5.74) is -0.359. The first kappa shape index (κ1) is 23.6. The van der Waals surface area contributed by atoms with Crippen molar-refractivity contribution >= 4 is 91.5 Å². The minimum Gasteiger partial charge on any atom is -0.328 e. The maximum absolute atomic E-state index is 12.9. The van der Waals surface area contributed by atoms with Gasteiger partial charge in [-0.1, -0.05) is 29.5 Å². The van der Waals surface area contributed by atoms with Crippen LogP contribution in [-0.2, 0) is 29.0 Å². The van der Waals surface area contributed by atoms with Gasteiger partial charge in [-0.2, -0.15) is 0 Å². The van der Waals surface area contributed by atoms with E-state index in [9.17, 15) is 19.2 Å². The lowest BCUT2D eigenvalue weighted by Gasteiger charge is -2.40. The van der Waals surface area contributed by atoms with E-state index in [-0.39, 0.29) is 18.2 Å². The first-order valence-corrected chi connectivity index (χ1v) is 10.8. The number of allylic oxidation sites excluding steroid dienone is 2. The number of alkyl halides is 1. The summed E-state index contributed by atoms with van der Waals surface area (Å²) in [6.45, 7) is 5.59. The van der Waals surface area contributed by atoms with E-state index in [4.69, 9.17) is 4.89 Å². The molecule has 0 heterocycles. The Morgan fingerprint density at radius 1 is 1.04 bits per heavy atom. The molecule has 0 saturated heterocycles. The molecule has 2 N–H and O–H groups in total. The Morgan fingerprint density at radius 2 is 1.58 bits per heavy atom. The molecule has 2 amide bonds. The molecule has 0 saturated carbocycles. The third kappa shape index (κ3) is 4.88. The van der Waals surface area contributed by atoms with Crippen LogP contribution in [0.5, 0.6) is 0 Å². The van der Waals surface area contributed by atoms with Gasteiger partial charge in [0.25, 0.3) is 0 Å². The van der Waals surface area contributed by atoms with Gasteiger partial charge in [-0.05, 0) is 51.6 Å². The summed E-state index contributed by atoms with van der Waals surface area (Å²) >= 11 is 6.04. The molecule has 1 rings (SSSR count). The van der Waals surface area contributed by atoms with Gasteiger partial charge in [0, 0.05) is 30.0 Å². The van der Waals surface area contributed by atoms with Gasteiger partial charge in [0.05, 0.1) is 13.2 Å². The molecule has 2 atom stereocenters. The highest BCUT2D eigenvalue weighted by Crippen LogP contribution is 2.53. The number of amides is 2. The summed E-state index contributed by atoms with van der Waals surface area (Å²) < 4.78 is 0.623. The smallest absolute Gasteiger partial charge is 0.328 e. The minimum absolute atomic E-state index is 0.287. The fraction of sp³-hybridized carbons (Fsp3) is 0.467. The summed E-state index contributed by atoms with van der Waals surface area (Å²) in [4.78, 5) is 56.3. The number of carbonyl (C=O) groups is 4. The van der Waals surface area contributed by atoms with Crippen molar-refractivity contribution in [1.82, 2.24) is 10.6 Å². The van der Waals surface area contributed by atoms with Gasteiger partial charge < -0.3 is 10.6 Å². The first-order chi connectivity index (χ1) is 12.0. The van der Waals surface area contributed by atoms with Crippen LogP contribution < -0.4 is 10.6 Å². The molecule has 0 bridgehead atoms. The first-order valence-electron chi connectivity index (χ1n) is 7.38. The number of carbonyl (C=O) groups excluding carboxylic acids is 4. The zero-order valence-electron chi connectivity index (χ0n) is 14.4. The van der Waals surface area contributed by atoms with E-state index in [1.54, 1.807) is 6.92 Å². The second kappa shape index (κ2) is 9.66. The van der Waals surface area contributed by atoms with E-state index in [0.717, 1.165) is 6.92 Å². The van der Waals surface area contributed by atoms with Gasteiger partial charge in [0.15, 0.2) is 0 Å². The molecule has 0 spiro atoms. The van der Waals surface area contributed by atoms with Crippen LogP contribution in [0.3, 0.4) is 0 Å². The molecule has 0 aromatic carbocycles. The van der Waals surface area contributed by atoms with E-state index < -0.39 is 21.3 Å². The van der Waals surface area contributed by atoms with Crippen LogP contribution in [0.1, 0.15) is 34.1 Å². The number of hydrogen-bond donors (Lipinski definition) is 2. The monoisotopic (exact) mass is 702 g/mol. The van der Waals surface area contributed by atoms with Crippen LogP contribution in [0.2, 0.25) is 0 Å². The highest BCUT2D eigenvalue weighted by Gasteiger charge is 2.54.